The van der Waals surface area contributed by atoms with E-state index in [1.165, 1.54) is 24.8 Å². The van der Waals surface area contributed by atoms with Gasteiger partial charge in [-0.15, -0.1) is 0 Å². The molecule has 0 aromatic carbocycles. The summed E-state index contributed by atoms with van der Waals surface area (Å²) >= 11 is 0. The molecular weight excluding hydrogens is 188 g/mol. The van der Waals surface area contributed by atoms with Gasteiger partial charge in [0, 0.05) is 12.4 Å². The minimum atomic E-state index is 0.208. The van der Waals surface area contributed by atoms with Crippen molar-refractivity contribution in [1.29, 1.82) is 0 Å². The quantitative estimate of drug-likeness (QED) is 0.785. The first-order valence-corrected chi connectivity index (χ1v) is 5.74. The summed E-state index contributed by atoms with van der Waals surface area (Å²) < 4.78 is 5.48. The first-order chi connectivity index (χ1) is 7.33. The van der Waals surface area contributed by atoms with E-state index >= 15 is 0 Å². The second kappa shape index (κ2) is 3.09. The van der Waals surface area contributed by atoms with Crippen molar-refractivity contribution in [2.75, 3.05) is 19.8 Å². The van der Waals surface area contributed by atoms with Gasteiger partial charge in [-0.25, -0.2) is 0 Å². The summed E-state index contributed by atoms with van der Waals surface area (Å²) in [5.41, 5.74) is 7.91. The summed E-state index contributed by atoms with van der Waals surface area (Å²) in [6.45, 7) is 2.49. The fourth-order valence-corrected chi connectivity index (χ4v) is 3.19. The monoisotopic (exact) mass is 206 g/mol. The minimum Gasteiger partial charge on any atom is -0.379 e. The highest BCUT2D eigenvalue weighted by Crippen LogP contribution is 2.57. The normalized spacial score (nSPS) is 26.7. The fraction of sp³-hybridized carbons (Fsp3) is 0.667. The third kappa shape index (κ3) is 1.02. The van der Waals surface area contributed by atoms with Crippen molar-refractivity contribution in [3.63, 3.8) is 0 Å². The highest BCUT2D eigenvalue weighted by atomic mass is 16.5. The second-order valence-electron chi connectivity index (χ2n) is 5.01. The van der Waals surface area contributed by atoms with Crippen LogP contribution in [0.2, 0.25) is 0 Å². The summed E-state index contributed by atoms with van der Waals surface area (Å²) in [6, 6.07) is 2.18. The fourth-order valence-electron chi connectivity index (χ4n) is 3.19. The largest absolute Gasteiger partial charge is 0.379 e. The van der Waals surface area contributed by atoms with E-state index in [0.29, 0.717) is 5.41 Å². The first-order valence-electron chi connectivity index (χ1n) is 5.74. The van der Waals surface area contributed by atoms with Crippen LogP contribution < -0.4 is 5.73 Å². The lowest BCUT2D eigenvalue weighted by Crippen LogP contribution is -2.64. The average molecular weight is 206 g/mol. The Hall–Kier alpha value is -0.800. The lowest BCUT2D eigenvalue weighted by atomic mass is 9.50. The van der Waals surface area contributed by atoms with Crippen LogP contribution in [-0.4, -0.2) is 24.7 Å². The van der Waals surface area contributed by atoms with Gasteiger partial charge in [0.2, 0.25) is 0 Å². The Balaban J connectivity index is 1.99. The van der Waals surface area contributed by atoms with Crippen molar-refractivity contribution in [1.82, 2.24) is 4.98 Å². The van der Waals surface area contributed by atoms with Gasteiger partial charge in [-0.05, 0) is 36.4 Å². The number of aromatic nitrogens is 1. The van der Waals surface area contributed by atoms with Crippen LogP contribution in [-0.2, 0) is 10.2 Å². The van der Waals surface area contributed by atoms with E-state index in [1.807, 2.05) is 6.20 Å². The summed E-state index contributed by atoms with van der Waals surface area (Å²) in [4.78, 5) is 3.15. The lowest BCUT2D eigenvalue weighted by molar-refractivity contribution is -0.153. The third-order valence-corrected chi connectivity index (χ3v) is 4.56. The van der Waals surface area contributed by atoms with Crippen LogP contribution in [0.1, 0.15) is 24.8 Å². The number of nitrogens with two attached hydrogens (primary N) is 1. The van der Waals surface area contributed by atoms with Gasteiger partial charge >= 0.3 is 0 Å². The maximum absolute atomic E-state index is 6.00. The van der Waals surface area contributed by atoms with Gasteiger partial charge in [-0.1, -0.05) is 6.42 Å². The van der Waals surface area contributed by atoms with E-state index < -0.39 is 0 Å². The zero-order valence-electron chi connectivity index (χ0n) is 8.96. The predicted molar refractivity (Wildman–Crippen MR) is 58.6 cm³/mol. The second-order valence-corrected chi connectivity index (χ2v) is 5.01. The summed E-state index contributed by atoms with van der Waals surface area (Å²) in [6.07, 6.45) is 7.95. The molecule has 1 aliphatic carbocycles. The van der Waals surface area contributed by atoms with Crippen LogP contribution in [0.15, 0.2) is 18.5 Å². The van der Waals surface area contributed by atoms with Crippen molar-refractivity contribution in [2.24, 2.45) is 11.1 Å². The summed E-state index contributed by atoms with van der Waals surface area (Å²) in [5.74, 6) is 0. The Morgan fingerprint density at radius 2 is 2.20 bits per heavy atom. The maximum atomic E-state index is 6.00. The Morgan fingerprint density at radius 3 is 2.53 bits per heavy atom. The van der Waals surface area contributed by atoms with Gasteiger partial charge in [-0.3, -0.25) is 0 Å². The summed E-state index contributed by atoms with van der Waals surface area (Å²) in [7, 11) is 0. The minimum absolute atomic E-state index is 0.208. The molecule has 0 bridgehead atoms. The molecule has 0 radical (unpaired) electrons. The molecule has 0 spiro atoms. The molecular formula is C12H18N2O. The zero-order chi connectivity index (χ0) is 10.4. The highest BCUT2D eigenvalue weighted by Gasteiger charge is 2.59. The molecule has 2 aliphatic rings. The van der Waals surface area contributed by atoms with E-state index in [2.05, 4.69) is 17.2 Å². The Morgan fingerprint density at radius 1 is 1.40 bits per heavy atom. The van der Waals surface area contributed by atoms with Crippen LogP contribution in [0.3, 0.4) is 0 Å². The molecule has 0 atom stereocenters. The number of hydrogen-bond acceptors (Lipinski definition) is 2. The molecule has 1 aliphatic heterocycles. The molecule has 15 heavy (non-hydrogen) atoms. The standard InChI is InChI=1S/C12H18N2O/c13-7-11(3-1-4-11)12(8-15-9-12)10-2-5-14-6-10/h2,5-6,14H,1,3-4,7-9,13H2. The Labute approximate surface area is 90.0 Å². The first kappa shape index (κ1) is 9.43. The molecule has 2 heterocycles. The highest BCUT2D eigenvalue weighted by molar-refractivity contribution is 5.31. The molecule has 3 nitrogen and oxygen atoms in total. The van der Waals surface area contributed by atoms with E-state index in [-0.39, 0.29) is 5.41 Å². The molecule has 82 valence electrons. The van der Waals surface area contributed by atoms with Crippen molar-refractivity contribution < 1.29 is 4.74 Å². The number of nitrogens with one attached hydrogen (secondary N) is 1. The average Bonchev–Trinajstić information content (AvgIpc) is 2.60. The van der Waals surface area contributed by atoms with Gasteiger partial charge in [0.15, 0.2) is 0 Å². The van der Waals surface area contributed by atoms with Gasteiger partial charge in [0.05, 0.1) is 18.6 Å². The van der Waals surface area contributed by atoms with Crippen LogP contribution >= 0.6 is 0 Å². The summed E-state index contributed by atoms with van der Waals surface area (Å²) in [5, 5.41) is 0. The molecule has 1 saturated heterocycles. The number of aromatic amines is 1. The lowest BCUT2D eigenvalue weighted by Gasteiger charge is -2.59. The number of rotatable bonds is 3. The topological polar surface area (TPSA) is 51.0 Å². The van der Waals surface area contributed by atoms with Crippen molar-refractivity contribution in [2.45, 2.75) is 24.7 Å². The van der Waals surface area contributed by atoms with Gasteiger partial charge in [0.1, 0.15) is 0 Å². The molecule has 1 aromatic rings. The van der Waals surface area contributed by atoms with Crippen molar-refractivity contribution >= 4 is 0 Å². The van der Waals surface area contributed by atoms with Crippen LogP contribution in [0.25, 0.3) is 0 Å². The van der Waals surface area contributed by atoms with Crippen LogP contribution in [0.5, 0.6) is 0 Å². The molecule has 3 N–H and O–H groups in total. The molecule has 0 amide bonds. The van der Waals surface area contributed by atoms with Crippen LogP contribution in [0.4, 0.5) is 0 Å². The molecule has 3 rings (SSSR count). The number of ether oxygens (including phenoxy) is 1. The van der Waals surface area contributed by atoms with E-state index in [0.717, 1.165) is 19.8 Å². The number of H-pyrrole nitrogens is 1. The van der Waals surface area contributed by atoms with E-state index in [1.54, 1.807) is 0 Å². The predicted octanol–water partition coefficient (Wildman–Crippen LogP) is 1.41. The molecule has 1 aromatic heterocycles. The van der Waals surface area contributed by atoms with Gasteiger partial charge in [0.25, 0.3) is 0 Å². The Kier molecular flexibility index (Phi) is 1.94. The molecule has 0 unspecified atom stereocenters. The van der Waals surface area contributed by atoms with Crippen molar-refractivity contribution in [3.8, 4) is 0 Å². The van der Waals surface area contributed by atoms with E-state index in [4.69, 9.17) is 10.5 Å². The van der Waals surface area contributed by atoms with E-state index in [9.17, 15) is 0 Å². The third-order valence-electron chi connectivity index (χ3n) is 4.56. The molecule has 1 saturated carbocycles. The number of hydrogen-bond donors (Lipinski definition) is 2. The van der Waals surface area contributed by atoms with Crippen molar-refractivity contribution in [3.05, 3.63) is 24.0 Å². The van der Waals surface area contributed by atoms with Gasteiger partial charge in [-0.2, -0.15) is 0 Å². The Bertz CT molecular complexity index is 331. The maximum Gasteiger partial charge on any atom is 0.0592 e. The SMILES string of the molecule is NCC1(C2(c3cc[nH]c3)COC2)CCC1. The molecule has 3 heteroatoms. The smallest absolute Gasteiger partial charge is 0.0592 e. The van der Waals surface area contributed by atoms with Gasteiger partial charge < -0.3 is 15.5 Å². The van der Waals surface area contributed by atoms with Crippen LogP contribution in [0, 0.1) is 5.41 Å². The molecule has 2 fully saturated rings. The zero-order valence-corrected chi connectivity index (χ0v) is 8.96.